The molecule has 1 rings (SSSR count). The highest BCUT2D eigenvalue weighted by Crippen LogP contribution is 2.15. The molecule has 0 radical (unpaired) electrons. The second kappa shape index (κ2) is 5.35. The second-order valence-electron chi connectivity index (χ2n) is 3.75. The van der Waals surface area contributed by atoms with Crippen LogP contribution in [0, 0.1) is 5.92 Å². The van der Waals surface area contributed by atoms with Crippen LogP contribution in [-0.2, 0) is 0 Å². The lowest BCUT2D eigenvalue weighted by Gasteiger charge is -2.21. The molecule has 0 aliphatic rings. The predicted octanol–water partition coefficient (Wildman–Crippen LogP) is 3.69. The average Bonchev–Trinajstić information content (AvgIpc) is 2.14. The first-order valence-electron chi connectivity index (χ1n) is 5.02. The van der Waals surface area contributed by atoms with Crippen molar-refractivity contribution in [1.82, 2.24) is 4.98 Å². The Kier molecular flexibility index (Phi) is 4.39. The summed E-state index contributed by atoms with van der Waals surface area (Å²) in [6.07, 6.45) is 1.12. The Morgan fingerprint density at radius 3 is 2.64 bits per heavy atom. The van der Waals surface area contributed by atoms with E-state index in [0.29, 0.717) is 12.0 Å². The first kappa shape index (κ1) is 11.5. The van der Waals surface area contributed by atoms with E-state index in [4.69, 9.17) is 0 Å². The summed E-state index contributed by atoms with van der Waals surface area (Å²) in [4.78, 5) is 4.35. The molecule has 0 amide bonds. The Morgan fingerprint density at radius 2 is 2.14 bits per heavy atom. The van der Waals surface area contributed by atoms with Crippen molar-refractivity contribution < 1.29 is 0 Å². The maximum absolute atomic E-state index is 4.35. The molecule has 2 nitrogen and oxygen atoms in total. The summed E-state index contributed by atoms with van der Waals surface area (Å²) in [6.45, 7) is 6.63. The van der Waals surface area contributed by atoms with Crippen molar-refractivity contribution in [2.45, 2.75) is 33.2 Å². The van der Waals surface area contributed by atoms with Crippen molar-refractivity contribution in [1.29, 1.82) is 0 Å². The van der Waals surface area contributed by atoms with Crippen molar-refractivity contribution in [3.8, 4) is 0 Å². The molecule has 14 heavy (non-hydrogen) atoms. The standard InChI is InChI=1S/C11H17BrN2/c1-4-9(8(2)3)13-11-7-5-6-10(12)14-11/h5-9H,4H2,1-3H3,(H,13,14). The lowest BCUT2D eigenvalue weighted by Crippen LogP contribution is -2.25. The minimum absolute atomic E-state index is 0.497. The van der Waals surface area contributed by atoms with Gasteiger partial charge in [-0.15, -0.1) is 0 Å². The van der Waals surface area contributed by atoms with Gasteiger partial charge in [0.2, 0.25) is 0 Å². The van der Waals surface area contributed by atoms with E-state index in [0.717, 1.165) is 16.8 Å². The maximum Gasteiger partial charge on any atom is 0.127 e. The summed E-state index contributed by atoms with van der Waals surface area (Å²) < 4.78 is 0.876. The zero-order chi connectivity index (χ0) is 10.6. The van der Waals surface area contributed by atoms with E-state index in [9.17, 15) is 0 Å². The van der Waals surface area contributed by atoms with Gasteiger partial charge in [-0.05, 0) is 40.4 Å². The van der Waals surface area contributed by atoms with E-state index in [1.165, 1.54) is 0 Å². The van der Waals surface area contributed by atoms with Gasteiger partial charge < -0.3 is 5.32 Å². The number of rotatable bonds is 4. The van der Waals surface area contributed by atoms with Gasteiger partial charge in [0.15, 0.2) is 0 Å². The topological polar surface area (TPSA) is 24.9 Å². The van der Waals surface area contributed by atoms with E-state index < -0.39 is 0 Å². The highest BCUT2D eigenvalue weighted by Gasteiger charge is 2.10. The molecule has 0 bridgehead atoms. The van der Waals surface area contributed by atoms with Crippen LogP contribution in [0.3, 0.4) is 0 Å². The fourth-order valence-electron chi connectivity index (χ4n) is 1.42. The van der Waals surface area contributed by atoms with Crippen LogP contribution in [0.4, 0.5) is 5.82 Å². The largest absolute Gasteiger partial charge is 0.367 e. The van der Waals surface area contributed by atoms with E-state index in [1.54, 1.807) is 0 Å². The van der Waals surface area contributed by atoms with Gasteiger partial charge in [0.1, 0.15) is 10.4 Å². The third-order valence-corrected chi connectivity index (χ3v) is 2.73. The fraction of sp³-hybridized carbons (Fsp3) is 0.545. The van der Waals surface area contributed by atoms with Crippen molar-refractivity contribution in [3.63, 3.8) is 0 Å². The summed E-state index contributed by atoms with van der Waals surface area (Å²) in [5, 5.41) is 3.43. The molecule has 0 aliphatic heterocycles. The normalized spacial score (nSPS) is 12.9. The molecule has 0 saturated heterocycles. The smallest absolute Gasteiger partial charge is 0.127 e. The molecule has 1 aromatic rings. The Hall–Kier alpha value is -0.570. The zero-order valence-corrected chi connectivity index (χ0v) is 10.5. The summed E-state index contributed by atoms with van der Waals surface area (Å²) in [7, 11) is 0. The molecule has 1 N–H and O–H groups in total. The van der Waals surface area contributed by atoms with Crippen molar-refractivity contribution in [2.75, 3.05) is 5.32 Å². The average molecular weight is 257 g/mol. The number of pyridine rings is 1. The number of nitrogens with one attached hydrogen (secondary N) is 1. The zero-order valence-electron chi connectivity index (χ0n) is 8.92. The summed E-state index contributed by atoms with van der Waals surface area (Å²) in [5.41, 5.74) is 0. The highest BCUT2D eigenvalue weighted by molar-refractivity contribution is 9.10. The number of anilines is 1. The van der Waals surface area contributed by atoms with Crippen molar-refractivity contribution in [2.24, 2.45) is 5.92 Å². The van der Waals surface area contributed by atoms with E-state index in [1.807, 2.05) is 18.2 Å². The molecule has 0 aliphatic carbocycles. The van der Waals surface area contributed by atoms with Crippen LogP contribution in [0.2, 0.25) is 0 Å². The van der Waals surface area contributed by atoms with Gasteiger partial charge in [0, 0.05) is 6.04 Å². The minimum Gasteiger partial charge on any atom is -0.367 e. The molecule has 0 saturated carbocycles. The van der Waals surface area contributed by atoms with Gasteiger partial charge in [-0.2, -0.15) is 0 Å². The van der Waals surface area contributed by atoms with Gasteiger partial charge in [-0.1, -0.05) is 26.8 Å². The van der Waals surface area contributed by atoms with Crippen molar-refractivity contribution in [3.05, 3.63) is 22.8 Å². The number of aromatic nitrogens is 1. The number of nitrogens with zero attached hydrogens (tertiary/aromatic N) is 1. The van der Waals surface area contributed by atoms with E-state index in [2.05, 4.69) is 47.0 Å². The Balaban J connectivity index is 2.67. The Morgan fingerprint density at radius 1 is 1.43 bits per heavy atom. The van der Waals surface area contributed by atoms with Gasteiger partial charge in [-0.3, -0.25) is 0 Å². The minimum atomic E-state index is 0.497. The molecule has 1 atom stereocenters. The second-order valence-corrected chi connectivity index (χ2v) is 4.56. The summed E-state index contributed by atoms with van der Waals surface area (Å²) >= 11 is 3.36. The van der Waals surface area contributed by atoms with Crippen LogP contribution in [0.5, 0.6) is 0 Å². The third-order valence-electron chi connectivity index (χ3n) is 2.29. The van der Waals surface area contributed by atoms with E-state index >= 15 is 0 Å². The molecular formula is C11H17BrN2. The molecule has 78 valence electrons. The molecule has 1 unspecified atom stereocenters. The molecule has 3 heteroatoms. The monoisotopic (exact) mass is 256 g/mol. The maximum atomic E-state index is 4.35. The predicted molar refractivity (Wildman–Crippen MR) is 64.5 cm³/mol. The molecule has 1 aromatic heterocycles. The quantitative estimate of drug-likeness (QED) is 0.832. The van der Waals surface area contributed by atoms with Crippen LogP contribution in [-0.4, -0.2) is 11.0 Å². The molecule has 0 spiro atoms. The van der Waals surface area contributed by atoms with Gasteiger partial charge in [-0.25, -0.2) is 4.98 Å². The number of hydrogen-bond donors (Lipinski definition) is 1. The van der Waals surface area contributed by atoms with Gasteiger partial charge in [0.05, 0.1) is 0 Å². The van der Waals surface area contributed by atoms with Crippen LogP contribution >= 0.6 is 15.9 Å². The Bertz CT molecular complexity index is 286. The molecule has 0 fully saturated rings. The number of halogens is 1. The number of hydrogen-bond acceptors (Lipinski definition) is 2. The molecule has 1 heterocycles. The van der Waals surface area contributed by atoms with Crippen LogP contribution in [0.1, 0.15) is 27.2 Å². The van der Waals surface area contributed by atoms with Gasteiger partial charge >= 0.3 is 0 Å². The lowest BCUT2D eigenvalue weighted by molar-refractivity contribution is 0.510. The van der Waals surface area contributed by atoms with E-state index in [-0.39, 0.29) is 0 Å². The first-order chi connectivity index (χ1) is 6.63. The van der Waals surface area contributed by atoms with Crippen LogP contribution in [0.15, 0.2) is 22.8 Å². The fourth-order valence-corrected chi connectivity index (χ4v) is 1.76. The molecular weight excluding hydrogens is 240 g/mol. The first-order valence-corrected chi connectivity index (χ1v) is 5.82. The summed E-state index contributed by atoms with van der Waals surface area (Å²) in [6, 6.07) is 6.42. The third kappa shape index (κ3) is 3.29. The highest BCUT2D eigenvalue weighted by atomic mass is 79.9. The Labute approximate surface area is 94.3 Å². The SMILES string of the molecule is CCC(Nc1cccc(Br)n1)C(C)C. The summed E-state index contributed by atoms with van der Waals surface area (Å²) in [5.74, 6) is 1.57. The lowest BCUT2D eigenvalue weighted by atomic mass is 10.0. The van der Waals surface area contributed by atoms with Crippen LogP contribution in [0.25, 0.3) is 0 Å². The van der Waals surface area contributed by atoms with Crippen LogP contribution < -0.4 is 5.32 Å². The van der Waals surface area contributed by atoms with Gasteiger partial charge in [0.25, 0.3) is 0 Å². The molecule has 0 aromatic carbocycles. The van der Waals surface area contributed by atoms with Crippen molar-refractivity contribution >= 4 is 21.7 Å².